The molecule has 2 N–H and O–H groups in total. The van der Waals surface area contributed by atoms with Gasteiger partial charge in [0.05, 0.1) is 16.7 Å². The van der Waals surface area contributed by atoms with Crippen LogP contribution >= 0.6 is 11.6 Å². The van der Waals surface area contributed by atoms with Gasteiger partial charge >= 0.3 is 0 Å². The molecule has 1 fully saturated rings. The van der Waals surface area contributed by atoms with Crippen molar-refractivity contribution >= 4 is 38.7 Å². The number of aromatic nitrogens is 3. The number of nitrogens with one attached hydrogen (secondary N) is 2. The summed E-state index contributed by atoms with van der Waals surface area (Å²) in [5.74, 6) is 0.156. The molecular formula is C20H21ClN6O3S. The first-order valence-corrected chi connectivity index (χ1v) is 11.9. The number of sulfone groups is 1. The summed E-state index contributed by atoms with van der Waals surface area (Å²) in [4.78, 5) is 19.3. The normalized spacial score (nSPS) is 14.5. The largest absolute Gasteiger partial charge is 0.369 e. The Kier molecular flexibility index (Phi) is 5.94. The number of hydrogen-bond donors (Lipinski definition) is 2. The Hall–Kier alpha value is -2.95. The van der Waals surface area contributed by atoms with E-state index in [0.29, 0.717) is 11.4 Å². The van der Waals surface area contributed by atoms with Gasteiger partial charge in [0, 0.05) is 67.3 Å². The lowest BCUT2D eigenvalue weighted by atomic mass is 10.3. The van der Waals surface area contributed by atoms with E-state index in [1.54, 1.807) is 12.4 Å². The predicted molar refractivity (Wildman–Crippen MR) is 119 cm³/mol. The van der Waals surface area contributed by atoms with E-state index in [1.807, 2.05) is 12.1 Å². The number of pyridine rings is 1. The molecule has 1 amide bonds. The number of piperazine rings is 1. The number of halogens is 1. The van der Waals surface area contributed by atoms with Gasteiger partial charge in [-0.3, -0.25) is 4.79 Å². The summed E-state index contributed by atoms with van der Waals surface area (Å²) in [6, 6.07) is 8.06. The van der Waals surface area contributed by atoms with Crippen LogP contribution in [-0.4, -0.2) is 61.5 Å². The lowest BCUT2D eigenvalue weighted by Crippen LogP contribution is -2.43. The molecule has 1 aromatic carbocycles. The quantitative estimate of drug-likeness (QED) is 0.599. The molecule has 0 unspecified atom stereocenters. The van der Waals surface area contributed by atoms with Crippen molar-refractivity contribution in [2.24, 2.45) is 0 Å². The van der Waals surface area contributed by atoms with Gasteiger partial charge in [-0.25, -0.2) is 18.1 Å². The summed E-state index contributed by atoms with van der Waals surface area (Å²) in [6.07, 6.45) is 5.79. The number of hydrogen-bond acceptors (Lipinski definition) is 7. The Balaban J connectivity index is 1.53. The zero-order valence-corrected chi connectivity index (χ0v) is 18.3. The van der Waals surface area contributed by atoms with Crippen molar-refractivity contribution in [2.75, 3.05) is 42.7 Å². The lowest BCUT2D eigenvalue weighted by molar-refractivity contribution is 0.102. The molecule has 0 atom stereocenters. The van der Waals surface area contributed by atoms with Crippen LogP contribution in [-0.2, 0) is 9.84 Å². The Morgan fingerprint density at radius 1 is 1.19 bits per heavy atom. The van der Waals surface area contributed by atoms with Crippen LogP contribution in [0.15, 0.2) is 53.8 Å². The maximum atomic E-state index is 12.7. The lowest BCUT2D eigenvalue weighted by Gasteiger charge is -2.29. The second-order valence-corrected chi connectivity index (χ2v) is 9.64. The van der Waals surface area contributed by atoms with Gasteiger partial charge in [0.1, 0.15) is 0 Å². The maximum absolute atomic E-state index is 12.7. The zero-order chi connectivity index (χ0) is 22.0. The van der Waals surface area contributed by atoms with Gasteiger partial charge in [-0.2, -0.15) is 5.10 Å². The second-order valence-electron chi connectivity index (χ2n) is 7.18. The van der Waals surface area contributed by atoms with E-state index in [0.717, 1.165) is 38.1 Å². The smallest absolute Gasteiger partial charge is 0.258 e. The Bertz CT molecular complexity index is 1220. The summed E-state index contributed by atoms with van der Waals surface area (Å²) in [5, 5.41) is 10.4. The number of carbonyl (C=O) groups is 1. The molecule has 0 bridgehead atoms. The fraction of sp³-hybridized carbons (Fsp3) is 0.250. The zero-order valence-electron chi connectivity index (χ0n) is 16.7. The van der Waals surface area contributed by atoms with E-state index in [1.165, 1.54) is 29.1 Å². The maximum Gasteiger partial charge on any atom is 0.258 e. The molecule has 0 aliphatic carbocycles. The molecule has 1 aliphatic heterocycles. The third-order valence-electron chi connectivity index (χ3n) is 4.85. The van der Waals surface area contributed by atoms with Crippen molar-refractivity contribution in [2.45, 2.75) is 4.90 Å². The van der Waals surface area contributed by atoms with Crippen molar-refractivity contribution in [3.05, 3.63) is 59.5 Å². The molecule has 0 radical (unpaired) electrons. The van der Waals surface area contributed by atoms with Crippen LogP contribution in [0.5, 0.6) is 0 Å². The highest BCUT2D eigenvalue weighted by atomic mass is 35.5. The highest BCUT2D eigenvalue weighted by Crippen LogP contribution is 2.23. The van der Waals surface area contributed by atoms with Crippen LogP contribution < -0.4 is 15.5 Å². The first-order chi connectivity index (χ1) is 14.8. The predicted octanol–water partition coefficient (Wildman–Crippen LogP) is 1.99. The molecule has 162 valence electrons. The fourth-order valence-electron chi connectivity index (χ4n) is 3.27. The Morgan fingerprint density at radius 2 is 1.97 bits per heavy atom. The van der Waals surface area contributed by atoms with E-state index in [2.05, 4.69) is 25.6 Å². The molecule has 1 aliphatic rings. The molecular weight excluding hydrogens is 440 g/mol. The van der Waals surface area contributed by atoms with E-state index in [9.17, 15) is 13.2 Å². The van der Waals surface area contributed by atoms with Crippen molar-refractivity contribution in [3.8, 4) is 5.82 Å². The Labute approximate surface area is 185 Å². The third-order valence-corrected chi connectivity index (χ3v) is 6.16. The van der Waals surface area contributed by atoms with Crippen LogP contribution in [0, 0.1) is 0 Å². The molecule has 11 heteroatoms. The fourth-order valence-corrected chi connectivity index (χ4v) is 4.25. The van der Waals surface area contributed by atoms with Gasteiger partial charge in [-0.05, 0) is 24.3 Å². The van der Waals surface area contributed by atoms with Crippen molar-refractivity contribution in [3.63, 3.8) is 0 Å². The summed E-state index contributed by atoms with van der Waals surface area (Å²) < 4.78 is 25.1. The summed E-state index contributed by atoms with van der Waals surface area (Å²) in [7, 11) is -3.46. The minimum absolute atomic E-state index is 0.0277. The van der Waals surface area contributed by atoms with Gasteiger partial charge in [0.2, 0.25) is 0 Å². The Morgan fingerprint density at radius 3 is 2.71 bits per heavy atom. The van der Waals surface area contributed by atoms with E-state index in [-0.39, 0.29) is 15.6 Å². The van der Waals surface area contributed by atoms with E-state index < -0.39 is 15.7 Å². The summed E-state index contributed by atoms with van der Waals surface area (Å²) in [5.41, 5.74) is 1.62. The van der Waals surface area contributed by atoms with Crippen LogP contribution in [0.1, 0.15) is 10.4 Å². The number of benzene rings is 1. The number of rotatable bonds is 5. The van der Waals surface area contributed by atoms with Crippen LogP contribution in [0.25, 0.3) is 5.82 Å². The van der Waals surface area contributed by atoms with Crippen molar-refractivity contribution in [1.82, 2.24) is 20.1 Å². The van der Waals surface area contributed by atoms with E-state index >= 15 is 0 Å². The molecule has 3 aromatic rings. The molecule has 0 saturated carbocycles. The number of amides is 1. The van der Waals surface area contributed by atoms with Crippen LogP contribution in [0.3, 0.4) is 0 Å². The monoisotopic (exact) mass is 460 g/mol. The van der Waals surface area contributed by atoms with Crippen LogP contribution in [0.2, 0.25) is 5.02 Å². The van der Waals surface area contributed by atoms with Gasteiger partial charge in [0.15, 0.2) is 15.7 Å². The number of carbonyl (C=O) groups excluding carboxylic acids is 1. The molecule has 1 saturated heterocycles. The molecule has 3 heterocycles. The molecule has 2 aromatic heterocycles. The van der Waals surface area contributed by atoms with Gasteiger partial charge < -0.3 is 15.5 Å². The minimum Gasteiger partial charge on any atom is -0.369 e. The topological polar surface area (TPSA) is 109 Å². The minimum atomic E-state index is -3.46. The van der Waals surface area contributed by atoms with Crippen molar-refractivity contribution in [1.29, 1.82) is 0 Å². The second kappa shape index (κ2) is 8.66. The standard InChI is InChI=1S/C20H21ClN6O3S/c1-31(29,30)18-9-15(21)8-16(10-18)25-20(28)14-12-24-27(13-14)19-11-17(2-3-23-19)26-6-4-22-5-7-26/h2-3,8-13,22H,4-7H2,1H3,(H,25,28). The summed E-state index contributed by atoms with van der Waals surface area (Å²) in [6.45, 7) is 3.67. The third kappa shape index (κ3) is 5.04. The molecule has 9 nitrogen and oxygen atoms in total. The van der Waals surface area contributed by atoms with Gasteiger partial charge in [-0.1, -0.05) is 11.6 Å². The van der Waals surface area contributed by atoms with Gasteiger partial charge in [-0.15, -0.1) is 0 Å². The number of anilines is 2. The average molecular weight is 461 g/mol. The van der Waals surface area contributed by atoms with E-state index in [4.69, 9.17) is 11.6 Å². The van der Waals surface area contributed by atoms with Crippen molar-refractivity contribution < 1.29 is 13.2 Å². The molecule has 31 heavy (non-hydrogen) atoms. The highest BCUT2D eigenvalue weighted by Gasteiger charge is 2.15. The van der Waals surface area contributed by atoms with Gasteiger partial charge in [0.25, 0.3) is 5.91 Å². The SMILES string of the molecule is CS(=O)(=O)c1cc(Cl)cc(NC(=O)c2cnn(-c3cc(N4CCNCC4)ccn3)c2)c1. The molecule has 4 rings (SSSR count). The highest BCUT2D eigenvalue weighted by molar-refractivity contribution is 7.90. The van der Waals surface area contributed by atoms with Crippen LogP contribution in [0.4, 0.5) is 11.4 Å². The number of nitrogens with zero attached hydrogens (tertiary/aromatic N) is 4. The average Bonchev–Trinajstić information content (AvgIpc) is 3.24. The first-order valence-electron chi connectivity index (χ1n) is 9.58. The first kappa shape index (κ1) is 21.3. The molecule has 0 spiro atoms. The summed E-state index contributed by atoms with van der Waals surface area (Å²) >= 11 is 6.00.